The highest BCUT2D eigenvalue weighted by atomic mass is 31.2. The molecule has 7 nitrogen and oxygen atoms in total. The van der Waals surface area contributed by atoms with E-state index < -0.39 is 20.1 Å². The number of carbonyl (C=O) groups is 1. The Morgan fingerprint density at radius 3 is 2.06 bits per heavy atom. The van der Waals surface area contributed by atoms with Gasteiger partial charge in [0, 0.05) is 5.57 Å². The lowest BCUT2D eigenvalue weighted by atomic mass is 10.4. The van der Waals surface area contributed by atoms with Crippen LogP contribution >= 0.6 is 7.82 Å². The summed E-state index contributed by atoms with van der Waals surface area (Å²) in [7, 11) is -4.18. The van der Waals surface area contributed by atoms with Gasteiger partial charge in [-0.25, -0.2) is 9.36 Å². The third-order valence-electron chi connectivity index (χ3n) is 1.09. The van der Waals surface area contributed by atoms with Gasteiger partial charge in [-0.3, -0.25) is 4.52 Å². The van der Waals surface area contributed by atoms with Crippen molar-refractivity contribution in [3.05, 3.63) is 12.2 Å². The van der Waals surface area contributed by atoms with Crippen molar-refractivity contribution in [1.82, 2.24) is 0 Å². The Hall–Kier alpha value is -0.720. The molecule has 0 aromatic carbocycles. The molecule has 0 rings (SSSR count). The number of ether oxygens (including phenoxy) is 1. The van der Waals surface area contributed by atoms with Crippen molar-refractivity contribution in [3.63, 3.8) is 0 Å². The van der Waals surface area contributed by atoms with Crippen LogP contribution in [0, 0.1) is 0 Å². The average molecular weight is 270 g/mol. The lowest BCUT2D eigenvalue weighted by Crippen LogP contribution is -2.13. The second-order valence-electron chi connectivity index (χ2n) is 3.11. The van der Waals surface area contributed by atoms with E-state index in [1.165, 1.54) is 13.8 Å². The molecule has 0 aliphatic rings. The number of esters is 1. The summed E-state index contributed by atoms with van der Waals surface area (Å²) in [4.78, 5) is 26.5. The summed E-state index contributed by atoms with van der Waals surface area (Å²) in [5, 5.41) is 8.49. The number of hydrogen-bond donors (Lipinski definition) is 3. The zero-order chi connectivity index (χ0) is 14.1. The molecule has 3 N–H and O–H groups in total. The van der Waals surface area contributed by atoms with E-state index in [2.05, 4.69) is 15.8 Å². The predicted molar refractivity (Wildman–Crippen MR) is 60.9 cm³/mol. The summed E-state index contributed by atoms with van der Waals surface area (Å²) in [5.74, 6) is -0.565. The second kappa shape index (κ2) is 9.32. The molecule has 17 heavy (non-hydrogen) atoms. The summed E-state index contributed by atoms with van der Waals surface area (Å²) in [6, 6.07) is 0. The molecule has 8 heteroatoms. The summed E-state index contributed by atoms with van der Waals surface area (Å²) in [6.45, 7) is 8.09. The Morgan fingerprint density at radius 2 is 1.94 bits per heavy atom. The van der Waals surface area contributed by atoms with Crippen LogP contribution in [0.5, 0.6) is 0 Å². The topological polar surface area (TPSA) is 113 Å². The van der Waals surface area contributed by atoms with Crippen LogP contribution in [-0.2, 0) is 18.6 Å². The fraction of sp³-hybridized carbons (Fsp3) is 0.667. The van der Waals surface area contributed by atoms with Crippen molar-refractivity contribution < 1.29 is 33.5 Å². The molecule has 0 radical (unpaired) electrons. The van der Waals surface area contributed by atoms with E-state index >= 15 is 0 Å². The first-order chi connectivity index (χ1) is 7.60. The van der Waals surface area contributed by atoms with Crippen LogP contribution < -0.4 is 0 Å². The second-order valence-corrected chi connectivity index (χ2v) is 4.35. The average Bonchev–Trinajstić information content (AvgIpc) is 2.13. The Bertz CT molecular complexity index is 281. The minimum absolute atomic E-state index is 0.115. The number of aliphatic hydroxyl groups is 1. The minimum Gasteiger partial charge on any atom is -0.433 e. The number of aliphatic hydroxyl groups excluding tert-OH is 1. The molecule has 0 saturated carbocycles. The van der Waals surface area contributed by atoms with Gasteiger partial charge in [0.15, 0.2) is 6.29 Å². The molecular formula is C9H19O7P. The van der Waals surface area contributed by atoms with Gasteiger partial charge in [0.25, 0.3) is 0 Å². The molecule has 0 spiro atoms. The molecule has 0 bridgehead atoms. The van der Waals surface area contributed by atoms with Crippen molar-refractivity contribution in [3.8, 4) is 0 Å². The van der Waals surface area contributed by atoms with Gasteiger partial charge in [-0.05, 0) is 20.3 Å². The van der Waals surface area contributed by atoms with Gasteiger partial charge in [0.05, 0.1) is 6.61 Å². The van der Waals surface area contributed by atoms with Gasteiger partial charge in [-0.1, -0.05) is 13.5 Å². The summed E-state index contributed by atoms with van der Waals surface area (Å²) in [5.41, 5.74) is 0.288. The maximum atomic E-state index is 10.5. The normalized spacial score (nSPS) is 12.1. The number of phosphoric acid groups is 1. The van der Waals surface area contributed by atoms with Gasteiger partial charge in [0.2, 0.25) is 0 Å². The first-order valence-electron chi connectivity index (χ1n) is 4.84. The Balaban J connectivity index is 0. The molecule has 0 aliphatic heterocycles. The Kier molecular flexibility index (Phi) is 10.2. The van der Waals surface area contributed by atoms with Crippen molar-refractivity contribution in [2.45, 2.75) is 33.5 Å². The predicted octanol–water partition coefficient (Wildman–Crippen LogP) is 0.950. The van der Waals surface area contributed by atoms with E-state index in [4.69, 9.17) is 14.9 Å². The van der Waals surface area contributed by atoms with E-state index in [9.17, 15) is 9.36 Å². The van der Waals surface area contributed by atoms with Gasteiger partial charge in [-0.2, -0.15) is 0 Å². The zero-order valence-electron chi connectivity index (χ0n) is 10.1. The quantitative estimate of drug-likeness (QED) is 0.295. The summed E-state index contributed by atoms with van der Waals surface area (Å²) >= 11 is 0. The fourth-order valence-electron chi connectivity index (χ4n) is 0.466. The third kappa shape index (κ3) is 17.9. The van der Waals surface area contributed by atoms with Crippen LogP contribution in [0.3, 0.4) is 0 Å². The Labute approximate surface area is 100 Å². The zero-order valence-corrected chi connectivity index (χ0v) is 11.0. The molecule has 0 aromatic heterocycles. The minimum atomic E-state index is -4.18. The number of hydrogen-bond acceptors (Lipinski definition) is 5. The standard InChI is InChI=1S/C6H10O3.C3H9O4P/c1-4(2)6(8)9-5(3)7;1-2-3-7-8(4,5)6/h5,7H,1H2,2-3H3;2-3H2,1H3,(H2,4,5,6). The molecule has 0 aliphatic carbocycles. The van der Waals surface area contributed by atoms with Gasteiger partial charge < -0.3 is 19.6 Å². The fourth-order valence-corrected chi connectivity index (χ4v) is 0.886. The van der Waals surface area contributed by atoms with E-state index in [1.807, 2.05) is 0 Å². The summed E-state index contributed by atoms with van der Waals surface area (Å²) < 4.78 is 18.2. The molecule has 0 aromatic rings. The van der Waals surface area contributed by atoms with Crippen molar-refractivity contribution in [2.24, 2.45) is 0 Å². The van der Waals surface area contributed by atoms with Crippen LogP contribution in [0.25, 0.3) is 0 Å². The molecule has 1 atom stereocenters. The summed E-state index contributed by atoms with van der Waals surface area (Å²) in [6.07, 6.45) is -0.431. The largest absolute Gasteiger partial charge is 0.469 e. The Morgan fingerprint density at radius 1 is 1.47 bits per heavy atom. The number of rotatable bonds is 5. The number of carbonyl (C=O) groups excluding carboxylic acids is 1. The maximum Gasteiger partial charge on any atom is 0.469 e. The molecule has 0 heterocycles. The lowest BCUT2D eigenvalue weighted by Gasteiger charge is -2.04. The van der Waals surface area contributed by atoms with Gasteiger partial charge in [-0.15, -0.1) is 0 Å². The molecular weight excluding hydrogens is 251 g/mol. The highest BCUT2D eigenvalue weighted by molar-refractivity contribution is 7.46. The van der Waals surface area contributed by atoms with E-state index in [0.717, 1.165) is 0 Å². The van der Waals surface area contributed by atoms with Crippen LogP contribution in [0.4, 0.5) is 0 Å². The molecule has 0 saturated heterocycles. The highest BCUT2D eigenvalue weighted by Crippen LogP contribution is 2.35. The first kappa shape index (κ1) is 18.6. The molecule has 102 valence electrons. The van der Waals surface area contributed by atoms with Crippen LogP contribution in [0.1, 0.15) is 27.2 Å². The highest BCUT2D eigenvalue weighted by Gasteiger charge is 2.11. The molecule has 0 amide bonds. The van der Waals surface area contributed by atoms with E-state index in [1.54, 1.807) is 6.92 Å². The van der Waals surface area contributed by atoms with E-state index in [0.29, 0.717) is 6.42 Å². The van der Waals surface area contributed by atoms with Gasteiger partial charge >= 0.3 is 13.8 Å². The smallest absolute Gasteiger partial charge is 0.433 e. The number of phosphoric ester groups is 1. The van der Waals surface area contributed by atoms with E-state index in [-0.39, 0.29) is 12.2 Å². The van der Waals surface area contributed by atoms with Gasteiger partial charge in [0.1, 0.15) is 0 Å². The SMILES string of the molecule is C=C(C)C(=O)OC(C)O.CCCOP(=O)(O)O. The maximum absolute atomic E-state index is 10.5. The van der Waals surface area contributed by atoms with Crippen molar-refractivity contribution >= 4 is 13.8 Å². The van der Waals surface area contributed by atoms with Crippen LogP contribution in [-0.4, -0.2) is 33.8 Å². The van der Waals surface area contributed by atoms with Crippen LogP contribution in [0.15, 0.2) is 12.2 Å². The lowest BCUT2D eigenvalue weighted by molar-refractivity contribution is -0.159. The molecule has 0 fully saturated rings. The van der Waals surface area contributed by atoms with Crippen LogP contribution in [0.2, 0.25) is 0 Å². The van der Waals surface area contributed by atoms with Crippen molar-refractivity contribution in [1.29, 1.82) is 0 Å². The van der Waals surface area contributed by atoms with Crippen molar-refractivity contribution in [2.75, 3.05) is 6.61 Å². The first-order valence-corrected chi connectivity index (χ1v) is 6.37. The third-order valence-corrected chi connectivity index (χ3v) is 1.61. The monoisotopic (exact) mass is 270 g/mol. The molecule has 1 unspecified atom stereocenters.